The van der Waals surface area contributed by atoms with Crippen LogP contribution in [-0.4, -0.2) is 10.1 Å². The summed E-state index contributed by atoms with van der Waals surface area (Å²) in [5.74, 6) is 0. The van der Waals surface area contributed by atoms with E-state index in [4.69, 9.17) is 0 Å². The van der Waals surface area contributed by atoms with Gasteiger partial charge in [0.25, 0.3) is 0 Å². The number of aliphatic hydroxyl groups excluding tert-OH is 1. The Kier molecular flexibility index (Phi) is 3.81. The van der Waals surface area contributed by atoms with E-state index >= 15 is 0 Å². The summed E-state index contributed by atoms with van der Waals surface area (Å²) in [5.41, 5.74) is 1.95. The first kappa shape index (κ1) is 13.3. The molecule has 3 aromatic rings. The Morgan fingerprint density at radius 1 is 1.00 bits per heavy atom. The lowest BCUT2D eigenvalue weighted by atomic mass is 9.99. The van der Waals surface area contributed by atoms with Crippen molar-refractivity contribution in [3.8, 4) is 0 Å². The van der Waals surface area contributed by atoms with Gasteiger partial charge in [0, 0.05) is 23.3 Å². The molecule has 0 radical (unpaired) electrons. The van der Waals surface area contributed by atoms with Gasteiger partial charge < -0.3 is 5.11 Å². The van der Waals surface area contributed by atoms with Crippen LogP contribution in [0.3, 0.4) is 0 Å². The normalized spacial score (nSPS) is 12.5. The number of pyridine rings is 1. The lowest BCUT2D eigenvalue weighted by molar-refractivity contribution is 0.178. The molecule has 0 aliphatic heterocycles. The molecule has 3 rings (SSSR count). The zero-order valence-electron chi connectivity index (χ0n) is 10.8. The van der Waals surface area contributed by atoms with Crippen LogP contribution in [0.2, 0.25) is 0 Å². The second-order valence-electron chi connectivity index (χ2n) is 4.84. The van der Waals surface area contributed by atoms with Crippen LogP contribution >= 0.6 is 15.9 Å². The van der Waals surface area contributed by atoms with Crippen molar-refractivity contribution in [2.75, 3.05) is 0 Å². The molecule has 0 saturated carbocycles. The molecule has 20 heavy (non-hydrogen) atoms. The third kappa shape index (κ3) is 2.89. The highest BCUT2D eigenvalue weighted by Gasteiger charge is 2.09. The van der Waals surface area contributed by atoms with E-state index in [9.17, 15) is 5.11 Å². The number of hydrogen-bond acceptors (Lipinski definition) is 2. The molecular formula is C17H14BrNO. The van der Waals surface area contributed by atoms with Crippen LogP contribution in [0.5, 0.6) is 0 Å². The van der Waals surface area contributed by atoms with Gasteiger partial charge >= 0.3 is 0 Å². The summed E-state index contributed by atoms with van der Waals surface area (Å²) in [6.07, 6.45) is 3.57. The first-order valence-electron chi connectivity index (χ1n) is 6.48. The Bertz CT molecular complexity index is 742. The third-order valence-electron chi connectivity index (χ3n) is 3.35. The van der Waals surface area contributed by atoms with Crippen LogP contribution in [-0.2, 0) is 6.42 Å². The van der Waals surface area contributed by atoms with Gasteiger partial charge in [-0.2, -0.15) is 0 Å². The summed E-state index contributed by atoms with van der Waals surface area (Å²) < 4.78 is 0.931. The predicted octanol–water partition coefficient (Wildman–Crippen LogP) is 4.27. The van der Waals surface area contributed by atoms with E-state index in [0.717, 1.165) is 21.0 Å². The minimum atomic E-state index is -0.518. The molecule has 1 aromatic heterocycles. The first-order chi connectivity index (χ1) is 9.72. The first-order valence-corrected chi connectivity index (χ1v) is 7.28. The molecule has 0 aliphatic carbocycles. The van der Waals surface area contributed by atoms with Crippen LogP contribution in [0.25, 0.3) is 10.8 Å². The molecule has 0 fully saturated rings. The lowest BCUT2D eigenvalue weighted by Gasteiger charge is -2.12. The van der Waals surface area contributed by atoms with E-state index in [1.54, 1.807) is 12.4 Å². The Hall–Kier alpha value is -1.71. The summed E-state index contributed by atoms with van der Waals surface area (Å²) in [4.78, 5) is 4.12. The molecular weight excluding hydrogens is 314 g/mol. The van der Waals surface area contributed by atoms with Gasteiger partial charge in [-0.1, -0.05) is 36.4 Å². The van der Waals surface area contributed by atoms with Gasteiger partial charge in [-0.15, -0.1) is 0 Å². The largest absolute Gasteiger partial charge is 0.388 e. The molecule has 2 aromatic carbocycles. The van der Waals surface area contributed by atoms with Crippen LogP contribution in [0.1, 0.15) is 17.2 Å². The summed E-state index contributed by atoms with van der Waals surface area (Å²) >= 11 is 3.40. The summed E-state index contributed by atoms with van der Waals surface area (Å²) in [5, 5.41) is 12.7. The summed E-state index contributed by atoms with van der Waals surface area (Å²) in [6.45, 7) is 0. The molecule has 100 valence electrons. The topological polar surface area (TPSA) is 33.1 Å². The van der Waals surface area contributed by atoms with E-state index in [-0.39, 0.29) is 0 Å². The fourth-order valence-electron chi connectivity index (χ4n) is 2.32. The number of hydrogen-bond donors (Lipinski definition) is 1. The molecule has 0 amide bonds. The van der Waals surface area contributed by atoms with Crippen molar-refractivity contribution in [3.05, 3.63) is 76.5 Å². The quantitative estimate of drug-likeness (QED) is 0.779. The highest BCUT2D eigenvalue weighted by Crippen LogP contribution is 2.23. The van der Waals surface area contributed by atoms with Gasteiger partial charge in [0.2, 0.25) is 0 Å². The Morgan fingerprint density at radius 3 is 2.60 bits per heavy atom. The summed E-state index contributed by atoms with van der Waals surface area (Å²) in [6, 6.07) is 16.2. The fourth-order valence-corrected chi connectivity index (χ4v) is 2.74. The van der Waals surface area contributed by atoms with Crippen LogP contribution < -0.4 is 0 Å². The van der Waals surface area contributed by atoms with Crippen molar-refractivity contribution in [1.82, 2.24) is 4.98 Å². The molecule has 1 heterocycles. The smallest absolute Gasteiger partial charge is 0.0831 e. The third-order valence-corrected chi connectivity index (χ3v) is 3.78. The van der Waals surface area contributed by atoms with Gasteiger partial charge in [0.1, 0.15) is 0 Å². The fraction of sp³-hybridized carbons (Fsp3) is 0.118. The van der Waals surface area contributed by atoms with E-state index in [2.05, 4.69) is 33.0 Å². The average Bonchev–Trinajstić information content (AvgIpc) is 2.47. The maximum Gasteiger partial charge on any atom is 0.0831 e. The maximum absolute atomic E-state index is 10.4. The highest BCUT2D eigenvalue weighted by atomic mass is 79.9. The van der Waals surface area contributed by atoms with Crippen molar-refractivity contribution in [3.63, 3.8) is 0 Å². The molecule has 0 aliphatic rings. The number of nitrogens with zero attached hydrogens (tertiary/aromatic N) is 1. The number of fused-ring (bicyclic) bond motifs is 1. The minimum Gasteiger partial charge on any atom is -0.388 e. The van der Waals surface area contributed by atoms with Crippen LogP contribution in [0.4, 0.5) is 0 Å². The molecule has 2 nitrogen and oxygen atoms in total. The SMILES string of the molecule is OC(Cc1cncc(Br)c1)c1ccc2ccccc2c1. The highest BCUT2D eigenvalue weighted by molar-refractivity contribution is 9.10. The van der Waals surface area contributed by atoms with Crippen molar-refractivity contribution in [2.24, 2.45) is 0 Å². The van der Waals surface area contributed by atoms with Gasteiger partial charge in [0.05, 0.1) is 6.10 Å². The number of aliphatic hydroxyl groups is 1. The van der Waals surface area contributed by atoms with E-state index in [1.807, 2.05) is 36.4 Å². The molecule has 1 unspecified atom stereocenters. The van der Waals surface area contributed by atoms with Crippen LogP contribution in [0, 0.1) is 0 Å². The zero-order valence-corrected chi connectivity index (χ0v) is 12.4. The van der Waals surface area contributed by atoms with E-state index in [1.165, 1.54) is 5.39 Å². The standard InChI is InChI=1S/C17H14BrNO/c18-16-7-12(10-19-11-16)8-17(20)15-6-5-13-3-1-2-4-14(13)9-15/h1-7,9-11,17,20H,8H2. The second kappa shape index (κ2) is 5.73. The summed E-state index contributed by atoms with van der Waals surface area (Å²) in [7, 11) is 0. The van der Waals surface area contributed by atoms with Crippen molar-refractivity contribution < 1.29 is 5.11 Å². The number of aromatic nitrogens is 1. The monoisotopic (exact) mass is 327 g/mol. The predicted molar refractivity (Wildman–Crippen MR) is 84.5 cm³/mol. The average molecular weight is 328 g/mol. The Balaban J connectivity index is 1.86. The van der Waals surface area contributed by atoms with Gasteiger partial charge in [-0.3, -0.25) is 4.98 Å². The number of halogens is 1. The number of rotatable bonds is 3. The Labute approximate surface area is 126 Å². The van der Waals surface area contributed by atoms with Gasteiger partial charge in [-0.05, 0) is 50.0 Å². The van der Waals surface area contributed by atoms with E-state index in [0.29, 0.717) is 6.42 Å². The molecule has 0 spiro atoms. The molecule has 1 atom stereocenters. The number of benzene rings is 2. The van der Waals surface area contributed by atoms with Crippen LogP contribution in [0.15, 0.2) is 65.4 Å². The molecule has 0 bridgehead atoms. The lowest BCUT2D eigenvalue weighted by Crippen LogP contribution is -2.02. The molecule has 1 N–H and O–H groups in total. The van der Waals surface area contributed by atoms with Crippen molar-refractivity contribution >= 4 is 26.7 Å². The molecule has 0 saturated heterocycles. The minimum absolute atomic E-state index is 0.518. The van der Waals surface area contributed by atoms with Gasteiger partial charge in [-0.25, -0.2) is 0 Å². The van der Waals surface area contributed by atoms with Crippen molar-refractivity contribution in [1.29, 1.82) is 0 Å². The molecule has 3 heteroatoms. The van der Waals surface area contributed by atoms with Crippen molar-refractivity contribution in [2.45, 2.75) is 12.5 Å². The zero-order chi connectivity index (χ0) is 13.9. The van der Waals surface area contributed by atoms with E-state index < -0.39 is 6.10 Å². The second-order valence-corrected chi connectivity index (χ2v) is 5.75. The Morgan fingerprint density at radius 2 is 1.80 bits per heavy atom. The maximum atomic E-state index is 10.4. The van der Waals surface area contributed by atoms with Gasteiger partial charge in [0.15, 0.2) is 0 Å².